The van der Waals surface area contributed by atoms with Crippen molar-refractivity contribution < 1.29 is 4.79 Å². The van der Waals surface area contributed by atoms with Crippen LogP contribution in [0.1, 0.15) is 37.7 Å². The number of fused-ring (bicyclic) bond motifs is 3. The van der Waals surface area contributed by atoms with Gasteiger partial charge in [0.05, 0.1) is 10.2 Å². The lowest BCUT2D eigenvalue weighted by atomic mass is 10.1. The van der Waals surface area contributed by atoms with Crippen molar-refractivity contribution in [3.05, 3.63) is 69.6 Å². The normalized spacial score (nSPS) is 13.6. The van der Waals surface area contributed by atoms with Crippen LogP contribution in [0.15, 0.2) is 52.6 Å². The van der Waals surface area contributed by atoms with Crippen LogP contribution in [0.25, 0.3) is 15.7 Å². The number of nitrogens with one attached hydrogen (secondary N) is 1. The average Bonchev–Trinajstić information content (AvgIpc) is 3.31. The van der Waals surface area contributed by atoms with Crippen LogP contribution in [0.5, 0.6) is 0 Å². The molecule has 1 aromatic carbocycles. The zero-order valence-corrected chi connectivity index (χ0v) is 17.6. The molecule has 0 aliphatic carbocycles. The predicted molar refractivity (Wildman–Crippen MR) is 117 cm³/mol. The molecule has 0 radical (unpaired) electrons. The predicted octanol–water partition coefficient (Wildman–Crippen LogP) is 3.72. The highest BCUT2D eigenvalue weighted by Crippen LogP contribution is 2.24. The van der Waals surface area contributed by atoms with Gasteiger partial charge in [-0.25, -0.2) is 4.68 Å². The monoisotopic (exact) mass is 408 g/mol. The maximum atomic E-state index is 13.0. The van der Waals surface area contributed by atoms with Gasteiger partial charge >= 0.3 is 0 Å². The number of aromatic nitrogens is 3. The van der Waals surface area contributed by atoms with E-state index in [4.69, 9.17) is 0 Å². The van der Waals surface area contributed by atoms with Crippen molar-refractivity contribution in [2.75, 3.05) is 0 Å². The molecule has 7 heteroatoms. The van der Waals surface area contributed by atoms with Gasteiger partial charge in [-0.15, -0.1) is 11.3 Å². The Morgan fingerprint density at radius 1 is 1.17 bits per heavy atom. The molecular weight excluding hydrogens is 384 g/mol. The molecule has 0 aliphatic heterocycles. The summed E-state index contributed by atoms with van der Waals surface area (Å²) in [5.74, 6) is 0.488. The summed E-state index contributed by atoms with van der Waals surface area (Å²) >= 11 is 1.59. The van der Waals surface area contributed by atoms with Crippen LogP contribution >= 0.6 is 11.3 Å². The van der Waals surface area contributed by atoms with E-state index < -0.39 is 6.04 Å². The highest BCUT2D eigenvalue weighted by atomic mass is 32.1. The van der Waals surface area contributed by atoms with Crippen LogP contribution in [0.4, 0.5) is 0 Å². The van der Waals surface area contributed by atoms with E-state index in [0.717, 1.165) is 23.1 Å². The van der Waals surface area contributed by atoms with Gasteiger partial charge in [0.25, 0.3) is 5.56 Å². The SMILES string of the molecule is Cc1nn([C@@H](C)C(=O)N[C@H](C)CCc2ccccc2)c(=O)c2cc3sccc3n12. The van der Waals surface area contributed by atoms with Crippen molar-refractivity contribution in [2.45, 2.75) is 45.7 Å². The van der Waals surface area contributed by atoms with Gasteiger partial charge in [0.1, 0.15) is 17.4 Å². The summed E-state index contributed by atoms with van der Waals surface area (Å²) in [6.45, 7) is 5.56. The van der Waals surface area contributed by atoms with E-state index in [-0.39, 0.29) is 17.5 Å². The molecule has 150 valence electrons. The third kappa shape index (κ3) is 3.70. The molecule has 4 aromatic rings. The maximum Gasteiger partial charge on any atom is 0.291 e. The van der Waals surface area contributed by atoms with Gasteiger partial charge in [-0.05, 0) is 56.7 Å². The number of rotatable bonds is 6. The minimum Gasteiger partial charge on any atom is -0.352 e. The molecular formula is C22H24N4O2S. The Bertz CT molecular complexity index is 1220. The number of carbonyl (C=O) groups is 1. The number of aryl methyl sites for hydroxylation is 2. The molecule has 0 saturated heterocycles. The van der Waals surface area contributed by atoms with Crippen LogP contribution < -0.4 is 10.9 Å². The molecule has 1 N–H and O–H groups in total. The van der Waals surface area contributed by atoms with E-state index in [2.05, 4.69) is 22.5 Å². The summed E-state index contributed by atoms with van der Waals surface area (Å²) in [5, 5.41) is 9.45. The second-order valence-electron chi connectivity index (χ2n) is 7.44. The molecule has 3 heterocycles. The summed E-state index contributed by atoms with van der Waals surface area (Å²) in [6.07, 6.45) is 1.72. The number of carbonyl (C=O) groups excluding carboxylic acids is 1. The van der Waals surface area contributed by atoms with E-state index in [1.54, 1.807) is 18.3 Å². The lowest BCUT2D eigenvalue weighted by molar-refractivity contribution is -0.124. The van der Waals surface area contributed by atoms with E-state index in [9.17, 15) is 9.59 Å². The first-order valence-corrected chi connectivity index (χ1v) is 10.7. The second-order valence-corrected chi connectivity index (χ2v) is 8.39. The van der Waals surface area contributed by atoms with Crippen molar-refractivity contribution in [3.63, 3.8) is 0 Å². The van der Waals surface area contributed by atoms with Gasteiger partial charge in [-0.3, -0.25) is 14.0 Å². The van der Waals surface area contributed by atoms with Gasteiger partial charge in [0.2, 0.25) is 5.91 Å². The first-order chi connectivity index (χ1) is 14.0. The summed E-state index contributed by atoms with van der Waals surface area (Å²) in [5.41, 5.74) is 2.52. The minimum absolute atomic E-state index is 0.00400. The Labute approximate surface area is 172 Å². The highest BCUT2D eigenvalue weighted by molar-refractivity contribution is 7.17. The Hall–Kier alpha value is -2.93. The quantitative estimate of drug-likeness (QED) is 0.529. The fraction of sp³-hybridized carbons (Fsp3) is 0.318. The fourth-order valence-electron chi connectivity index (χ4n) is 3.63. The Morgan fingerprint density at radius 3 is 2.69 bits per heavy atom. The molecule has 0 aliphatic rings. The zero-order valence-electron chi connectivity index (χ0n) is 16.8. The molecule has 4 rings (SSSR count). The first-order valence-electron chi connectivity index (χ1n) is 9.78. The Morgan fingerprint density at radius 2 is 1.93 bits per heavy atom. The summed E-state index contributed by atoms with van der Waals surface area (Å²) < 4.78 is 4.20. The number of hydrogen-bond donors (Lipinski definition) is 1. The van der Waals surface area contributed by atoms with Crippen molar-refractivity contribution in [2.24, 2.45) is 0 Å². The zero-order chi connectivity index (χ0) is 20.5. The highest BCUT2D eigenvalue weighted by Gasteiger charge is 2.22. The number of nitrogens with zero attached hydrogens (tertiary/aromatic N) is 3. The molecule has 0 spiro atoms. The Balaban J connectivity index is 1.51. The van der Waals surface area contributed by atoms with Crippen LogP contribution in [-0.4, -0.2) is 26.1 Å². The maximum absolute atomic E-state index is 13.0. The topological polar surface area (TPSA) is 68.4 Å². The molecule has 3 aromatic heterocycles. The average molecular weight is 409 g/mol. The minimum atomic E-state index is -0.682. The molecule has 0 fully saturated rings. The third-order valence-corrected chi connectivity index (χ3v) is 6.12. The van der Waals surface area contributed by atoms with Gasteiger partial charge in [0.15, 0.2) is 0 Å². The van der Waals surface area contributed by atoms with Gasteiger partial charge in [-0.2, -0.15) is 5.10 Å². The van der Waals surface area contributed by atoms with Crippen LogP contribution in [0.2, 0.25) is 0 Å². The number of amides is 1. The van der Waals surface area contributed by atoms with E-state index in [1.807, 2.05) is 54.0 Å². The standard InChI is InChI=1S/C22H24N4O2S/c1-14(9-10-17-7-5-4-6-8-17)23-21(27)15(2)26-22(28)19-13-20-18(11-12-29-20)25(19)16(3)24-26/h4-8,11-15H,9-10H2,1-3H3,(H,23,27)/t14-,15+/m1/s1. The third-order valence-electron chi connectivity index (χ3n) is 5.27. The second kappa shape index (κ2) is 7.83. The van der Waals surface area contributed by atoms with Crippen LogP contribution in [0, 0.1) is 6.92 Å². The Kier molecular flexibility index (Phi) is 5.24. The number of hydrogen-bond acceptors (Lipinski definition) is 4. The summed E-state index contributed by atoms with van der Waals surface area (Å²) in [7, 11) is 0. The van der Waals surface area contributed by atoms with Crippen molar-refractivity contribution in [3.8, 4) is 0 Å². The largest absolute Gasteiger partial charge is 0.352 e. The van der Waals surface area contributed by atoms with Crippen LogP contribution in [-0.2, 0) is 11.2 Å². The first kappa shape index (κ1) is 19.4. The van der Waals surface area contributed by atoms with Crippen LogP contribution in [0.3, 0.4) is 0 Å². The van der Waals surface area contributed by atoms with Gasteiger partial charge < -0.3 is 5.32 Å². The summed E-state index contributed by atoms with van der Waals surface area (Å²) in [4.78, 5) is 25.8. The molecule has 2 atom stereocenters. The molecule has 0 bridgehead atoms. The molecule has 0 saturated carbocycles. The smallest absolute Gasteiger partial charge is 0.291 e. The van der Waals surface area contributed by atoms with Crippen molar-refractivity contribution in [1.29, 1.82) is 0 Å². The van der Waals surface area contributed by atoms with Gasteiger partial charge in [0, 0.05) is 6.04 Å². The van der Waals surface area contributed by atoms with E-state index in [1.165, 1.54) is 10.2 Å². The number of thiophene rings is 1. The molecule has 0 unspecified atom stereocenters. The van der Waals surface area contributed by atoms with Crippen molar-refractivity contribution >= 4 is 33.0 Å². The van der Waals surface area contributed by atoms with E-state index in [0.29, 0.717) is 11.3 Å². The molecule has 1 amide bonds. The summed E-state index contributed by atoms with van der Waals surface area (Å²) in [6, 6.07) is 13.4. The number of benzene rings is 1. The lowest BCUT2D eigenvalue weighted by Crippen LogP contribution is -2.41. The van der Waals surface area contributed by atoms with E-state index >= 15 is 0 Å². The van der Waals surface area contributed by atoms with Crippen molar-refractivity contribution in [1.82, 2.24) is 19.5 Å². The molecule has 29 heavy (non-hydrogen) atoms. The van der Waals surface area contributed by atoms with Gasteiger partial charge in [-0.1, -0.05) is 30.3 Å². The lowest BCUT2D eigenvalue weighted by Gasteiger charge is -2.19. The fourth-order valence-corrected chi connectivity index (χ4v) is 4.44. The molecule has 6 nitrogen and oxygen atoms in total.